The highest BCUT2D eigenvalue weighted by Crippen LogP contribution is 2.31. The van der Waals surface area contributed by atoms with E-state index in [1.165, 1.54) is 6.20 Å². The maximum absolute atomic E-state index is 12.8. The van der Waals surface area contributed by atoms with Crippen molar-refractivity contribution in [3.8, 4) is 0 Å². The molecule has 1 saturated carbocycles. The standard InChI is InChI=1S/C18H18F2IN5O3/c19-18(20,21)9-29-17(28)25-10-1-3-11(4-2-10)26-14(27)8-23-13-7-24-16-12(15(13)26)5-6-22-16/h5-8,10-11H,1-4,9H2,(H,22,24)(H,25,28). The van der Waals surface area contributed by atoms with Crippen LogP contribution in [0.25, 0.3) is 22.1 Å². The Morgan fingerprint density at radius 3 is 2.79 bits per heavy atom. The Morgan fingerprint density at radius 2 is 2.07 bits per heavy atom. The first-order valence-corrected chi connectivity index (χ1v) is 10.2. The molecule has 0 aromatic carbocycles. The number of carbonyl (C=O) groups excluding carboxylic acids is 1. The van der Waals surface area contributed by atoms with Gasteiger partial charge in [0.25, 0.3) is 5.56 Å². The van der Waals surface area contributed by atoms with Crippen LogP contribution in [0.15, 0.2) is 29.5 Å². The van der Waals surface area contributed by atoms with Crippen molar-refractivity contribution < 1.29 is 18.3 Å². The maximum Gasteiger partial charge on any atom is 0.407 e. The van der Waals surface area contributed by atoms with E-state index in [1.807, 2.05) is 6.07 Å². The van der Waals surface area contributed by atoms with Crippen LogP contribution < -0.4 is 10.9 Å². The molecular formula is C18H18F2IN5O3. The molecule has 29 heavy (non-hydrogen) atoms. The predicted molar refractivity (Wildman–Crippen MR) is 110 cm³/mol. The molecule has 0 saturated heterocycles. The number of carbonyl (C=O) groups is 1. The molecule has 0 atom stereocenters. The van der Waals surface area contributed by atoms with Gasteiger partial charge in [-0.2, -0.15) is 8.78 Å². The first kappa shape index (κ1) is 20.0. The molecule has 1 aliphatic rings. The highest BCUT2D eigenvalue weighted by atomic mass is 127. The molecule has 3 aromatic heterocycles. The number of nitrogens with one attached hydrogen (secondary N) is 2. The average molecular weight is 517 g/mol. The van der Waals surface area contributed by atoms with Gasteiger partial charge in [-0.15, -0.1) is 0 Å². The highest BCUT2D eigenvalue weighted by molar-refractivity contribution is 14.1. The fourth-order valence-electron chi connectivity index (χ4n) is 3.82. The zero-order chi connectivity index (χ0) is 20.6. The summed E-state index contributed by atoms with van der Waals surface area (Å²) in [4.78, 5) is 35.9. The van der Waals surface area contributed by atoms with E-state index in [4.69, 9.17) is 0 Å². The van der Waals surface area contributed by atoms with E-state index < -0.39 is 16.6 Å². The van der Waals surface area contributed by atoms with Gasteiger partial charge in [-0.05, 0) is 31.7 Å². The summed E-state index contributed by atoms with van der Waals surface area (Å²) in [6.45, 7) is -0.964. The lowest BCUT2D eigenvalue weighted by Gasteiger charge is -2.30. The number of halogens is 3. The lowest BCUT2D eigenvalue weighted by molar-refractivity contribution is 0.0339. The lowest BCUT2D eigenvalue weighted by Crippen LogP contribution is -2.40. The Labute approximate surface area is 177 Å². The topological polar surface area (TPSA) is 102 Å². The third-order valence-electron chi connectivity index (χ3n) is 5.08. The van der Waals surface area contributed by atoms with Gasteiger partial charge in [0.05, 0.1) is 17.9 Å². The minimum Gasteiger partial charge on any atom is -0.442 e. The van der Waals surface area contributed by atoms with Crippen LogP contribution in [0.4, 0.5) is 13.6 Å². The maximum atomic E-state index is 12.8. The summed E-state index contributed by atoms with van der Waals surface area (Å²) < 4.78 is 28.8. The van der Waals surface area contributed by atoms with Gasteiger partial charge >= 0.3 is 10.0 Å². The van der Waals surface area contributed by atoms with Crippen LogP contribution in [0, 0.1) is 0 Å². The number of H-pyrrole nitrogens is 1. The number of fused-ring (bicyclic) bond motifs is 3. The van der Waals surface area contributed by atoms with Gasteiger partial charge in [-0.3, -0.25) is 4.79 Å². The van der Waals surface area contributed by atoms with Crippen LogP contribution >= 0.6 is 22.6 Å². The van der Waals surface area contributed by atoms with Gasteiger partial charge in [0.15, 0.2) is 6.61 Å². The zero-order valence-corrected chi connectivity index (χ0v) is 17.4. The largest absolute Gasteiger partial charge is 0.442 e. The molecule has 0 spiro atoms. The molecule has 0 bridgehead atoms. The Morgan fingerprint density at radius 1 is 1.31 bits per heavy atom. The summed E-state index contributed by atoms with van der Waals surface area (Å²) in [5.74, 6) is 0. The molecule has 11 heteroatoms. The number of aromatic amines is 1. The van der Waals surface area contributed by atoms with Crippen LogP contribution in [0.3, 0.4) is 0 Å². The molecule has 0 unspecified atom stereocenters. The fourth-order valence-corrected chi connectivity index (χ4v) is 3.98. The number of alkyl halides is 3. The summed E-state index contributed by atoms with van der Waals surface area (Å²) in [5, 5.41) is 3.46. The number of hydrogen-bond acceptors (Lipinski definition) is 5. The second-order valence-electron chi connectivity index (χ2n) is 7.04. The quantitative estimate of drug-likeness (QED) is 0.408. The summed E-state index contributed by atoms with van der Waals surface area (Å²) in [6.07, 6.45) is 6.38. The summed E-state index contributed by atoms with van der Waals surface area (Å²) in [5.41, 5.74) is 1.87. The minimum atomic E-state index is -3.09. The fraction of sp³-hybridized carbons (Fsp3) is 0.444. The molecule has 4 rings (SSSR count). The van der Waals surface area contributed by atoms with Crippen LogP contribution in [0.2, 0.25) is 0 Å². The summed E-state index contributed by atoms with van der Waals surface area (Å²) in [7, 11) is 0. The smallest absolute Gasteiger partial charge is 0.407 e. The Balaban J connectivity index is 1.50. The first-order chi connectivity index (χ1) is 13.8. The molecule has 0 radical (unpaired) electrons. The predicted octanol–water partition coefficient (Wildman–Crippen LogP) is 3.51. The Bertz CT molecular complexity index is 1100. The molecule has 3 heterocycles. The van der Waals surface area contributed by atoms with E-state index in [1.54, 1.807) is 17.0 Å². The van der Waals surface area contributed by atoms with Gasteiger partial charge in [0.2, 0.25) is 0 Å². The van der Waals surface area contributed by atoms with Crippen molar-refractivity contribution in [1.29, 1.82) is 0 Å². The van der Waals surface area contributed by atoms with E-state index >= 15 is 0 Å². The number of alkyl carbamates (subject to hydrolysis) is 1. The number of amides is 1. The van der Waals surface area contributed by atoms with Crippen molar-refractivity contribution in [2.24, 2.45) is 0 Å². The zero-order valence-electron chi connectivity index (χ0n) is 15.2. The second-order valence-corrected chi connectivity index (χ2v) is 8.62. The number of rotatable bonds is 4. The number of nitrogens with zero attached hydrogens (tertiary/aromatic N) is 3. The number of pyridine rings is 1. The second kappa shape index (κ2) is 7.84. The molecule has 2 N–H and O–H groups in total. The van der Waals surface area contributed by atoms with Gasteiger partial charge in [-0.25, -0.2) is 14.8 Å². The third kappa shape index (κ3) is 4.33. The Kier molecular flexibility index (Phi) is 5.40. The summed E-state index contributed by atoms with van der Waals surface area (Å²) >= 11 is 0.923. The Hall–Kier alpha value is -2.31. The molecule has 0 aliphatic heterocycles. The van der Waals surface area contributed by atoms with Gasteiger partial charge in [0.1, 0.15) is 11.2 Å². The monoisotopic (exact) mass is 517 g/mol. The molecule has 1 aliphatic carbocycles. The SMILES string of the molecule is O=C(NC1CCC(n2c(=O)cnc3cnc4[nH]ccc4c32)CC1)OCC(F)(F)I. The van der Waals surface area contributed by atoms with Crippen molar-refractivity contribution >= 4 is 50.8 Å². The van der Waals surface area contributed by atoms with E-state index in [0.717, 1.165) is 33.5 Å². The molecule has 154 valence electrons. The molecular weight excluding hydrogens is 499 g/mol. The van der Waals surface area contributed by atoms with Gasteiger partial charge < -0.3 is 19.6 Å². The van der Waals surface area contributed by atoms with Crippen LogP contribution in [-0.4, -0.2) is 42.2 Å². The minimum absolute atomic E-state index is 0.0544. The molecule has 8 nitrogen and oxygen atoms in total. The van der Waals surface area contributed by atoms with Crippen molar-refractivity contribution in [3.63, 3.8) is 0 Å². The van der Waals surface area contributed by atoms with Crippen LogP contribution in [0.5, 0.6) is 0 Å². The van der Waals surface area contributed by atoms with Crippen LogP contribution in [-0.2, 0) is 4.74 Å². The molecule has 1 amide bonds. The van der Waals surface area contributed by atoms with Crippen molar-refractivity contribution in [2.45, 2.75) is 41.7 Å². The first-order valence-electron chi connectivity index (χ1n) is 9.15. The third-order valence-corrected chi connectivity index (χ3v) is 5.39. The molecule has 1 fully saturated rings. The van der Waals surface area contributed by atoms with Gasteiger partial charge in [0, 0.05) is 46.3 Å². The van der Waals surface area contributed by atoms with Crippen molar-refractivity contribution in [3.05, 3.63) is 35.0 Å². The molecule has 3 aromatic rings. The van der Waals surface area contributed by atoms with E-state index in [-0.39, 0.29) is 17.6 Å². The van der Waals surface area contributed by atoms with E-state index in [9.17, 15) is 18.4 Å². The van der Waals surface area contributed by atoms with Crippen molar-refractivity contribution in [1.82, 2.24) is 24.8 Å². The van der Waals surface area contributed by atoms with Gasteiger partial charge in [-0.1, -0.05) is 0 Å². The number of hydrogen-bond donors (Lipinski definition) is 2. The average Bonchev–Trinajstić information content (AvgIpc) is 3.16. The highest BCUT2D eigenvalue weighted by Gasteiger charge is 2.29. The van der Waals surface area contributed by atoms with Crippen LogP contribution in [0.1, 0.15) is 31.7 Å². The number of aromatic nitrogens is 4. The van der Waals surface area contributed by atoms with E-state index in [0.29, 0.717) is 36.8 Å². The number of ether oxygens (including phenoxy) is 1. The summed E-state index contributed by atoms with van der Waals surface area (Å²) in [6, 6.07) is 1.63. The van der Waals surface area contributed by atoms with Crippen molar-refractivity contribution in [2.75, 3.05) is 6.61 Å². The van der Waals surface area contributed by atoms with E-state index in [2.05, 4.69) is 25.0 Å². The normalized spacial score (nSPS) is 20.1. The lowest BCUT2D eigenvalue weighted by atomic mass is 9.90.